The van der Waals surface area contributed by atoms with Gasteiger partial charge in [0, 0.05) is 18.9 Å². The second-order valence-electron chi connectivity index (χ2n) is 2.57. The molecule has 1 N–H and O–H groups in total. The molecule has 0 atom stereocenters. The molecule has 0 unspecified atom stereocenters. The first kappa shape index (κ1) is 9.93. The van der Waals surface area contributed by atoms with E-state index in [2.05, 4.69) is 16.9 Å². The summed E-state index contributed by atoms with van der Waals surface area (Å²) in [7, 11) is 0. The summed E-state index contributed by atoms with van der Waals surface area (Å²) in [5, 5.41) is 11.2. The maximum atomic E-state index is 11.4. The number of nitrogens with one attached hydrogen (secondary N) is 1. The zero-order valence-electron chi connectivity index (χ0n) is 7.53. The molecule has 0 aromatic carbocycles. The van der Waals surface area contributed by atoms with Crippen LogP contribution < -0.4 is 5.32 Å². The molecule has 0 fully saturated rings. The van der Waals surface area contributed by atoms with Crippen LogP contribution in [0.2, 0.25) is 0 Å². The molecule has 70 valence electrons. The van der Waals surface area contributed by atoms with E-state index in [1.54, 1.807) is 6.08 Å². The Hall–Kier alpha value is -2.15. The molecule has 0 saturated carbocycles. The Morgan fingerprint density at radius 2 is 2.50 bits per heavy atom. The maximum Gasteiger partial charge on any atom is 0.253 e. The average Bonchev–Trinajstić information content (AvgIpc) is 2.26. The molecule has 1 aromatic rings. The molecule has 0 bridgehead atoms. The number of carbonyl (C=O) groups is 1. The minimum absolute atomic E-state index is 0.255. The average molecular weight is 187 g/mol. The molecule has 0 aliphatic carbocycles. The summed E-state index contributed by atoms with van der Waals surface area (Å²) < 4.78 is 0. The van der Waals surface area contributed by atoms with Crippen LogP contribution in [0.4, 0.5) is 0 Å². The zero-order valence-corrected chi connectivity index (χ0v) is 7.53. The summed E-state index contributed by atoms with van der Waals surface area (Å²) in [5.74, 6) is -0.255. The van der Waals surface area contributed by atoms with E-state index >= 15 is 0 Å². The molecule has 1 heterocycles. The van der Waals surface area contributed by atoms with Crippen molar-refractivity contribution in [1.29, 1.82) is 5.26 Å². The Morgan fingerprint density at radius 3 is 3.14 bits per heavy atom. The van der Waals surface area contributed by atoms with E-state index in [9.17, 15) is 4.79 Å². The van der Waals surface area contributed by atoms with Crippen LogP contribution in [-0.2, 0) is 0 Å². The lowest BCUT2D eigenvalue weighted by molar-refractivity contribution is 0.0957. The van der Waals surface area contributed by atoms with Crippen LogP contribution in [0.3, 0.4) is 0 Å². The normalized spacial score (nSPS) is 8.79. The molecular formula is C10H9N3O. The minimum Gasteiger partial charge on any atom is -0.349 e. The maximum absolute atomic E-state index is 11.4. The number of hydrogen-bond acceptors (Lipinski definition) is 3. The van der Waals surface area contributed by atoms with E-state index in [-0.39, 0.29) is 5.91 Å². The van der Waals surface area contributed by atoms with Crippen molar-refractivity contribution < 1.29 is 4.79 Å². The second-order valence-corrected chi connectivity index (χ2v) is 2.57. The smallest absolute Gasteiger partial charge is 0.253 e. The number of amides is 1. The first-order valence-corrected chi connectivity index (χ1v) is 4.02. The van der Waals surface area contributed by atoms with Crippen molar-refractivity contribution in [3.8, 4) is 6.07 Å². The van der Waals surface area contributed by atoms with Gasteiger partial charge in [-0.15, -0.1) is 6.58 Å². The number of hydrogen-bond donors (Lipinski definition) is 1. The molecule has 4 nitrogen and oxygen atoms in total. The predicted molar refractivity (Wildman–Crippen MR) is 51.5 cm³/mol. The highest BCUT2D eigenvalue weighted by Crippen LogP contribution is 2.00. The van der Waals surface area contributed by atoms with Gasteiger partial charge in [0.2, 0.25) is 0 Å². The molecule has 0 aliphatic heterocycles. The summed E-state index contributed by atoms with van der Waals surface area (Å²) in [6, 6.07) is 3.41. The number of nitriles is 1. The number of pyridine rings is 1. The Bertz CT molecular complexity index is 393. The van der Waals surface area contributed by atoms with Gasteiger partial charge in [0.25, 0.3) is 5.91 Å². The molecule has 0 spiro atoms. The van der Waals surface area contributed by atoms with Gasteiger partial charge in [0.15, 0.2) is 0 Å². The van der Waals surface area contributed by atoms with Gasteiger partial charge in [-0.2, -0.15) is 5.26 Å². The first-order chi connectivity index (χ1) is 6.77. The highest BCUT2D eigenvalue weighted by Gasteiger charge is 2.04. The third-order valence-corrected chi connectivity index (χ3v) is 1.54. The van der Waals surface area contributed by atoms with E-state index in [0.29, 0.717) is 17.7 Å². The molecule has 14 heavy (non-hydrogen) atoms. The summed E-state index contributed by atoms with van der Waals surface area (Å²) in [5.41, 5.74) is 0.752. The van der Waals surface area contributed by atoms with Gasteiger partial charge in [-0.05, 0) is 6.07 Å². The van der Waals surface area contributed by atoms with Gasteiger partial charge >= 0.3 is 0 Å². The molecule has 1 amide bonds. The van der Waals surface area contributed by atoms with Gasteiger partial charge < -0.3 is 5.32 Å². The van der Waals surface area contributed by atoms with E-state index < -0.39 is 0 Å². The summed E-state index contributed by atoms with van der Waals surface area (Å²) in [6.45, 7) is 3.88. The third kappa shape index (κ3) is 2.42. The molecular weight excluding hydrogens is 178 g/mol. The number of carbonyl (C=O) groups excluding carboxylic acids is 1. The van der Waals surface area contributed by atoms with Gasteiger partial charge in [0.05, 0.1) is 11.1 Å². The Morgan fingerprint density at radius 1 is 1.71 bits per heavy atom. The SMILES string of the molecule is C=CCNC(=O)c1cncc(C#N)c1. The Kier molecular flexibility index (Phi) is 3.39. The molecule has 0 saturated heterocycles. The highest BCUT2D eigenvalue weighted by atomic mass is 16.1. The van der Waals surface area contributed by atoms with Gasteiger partial charge in [-0.25, -0.2) is 0 Å². The zero-order chi connectivity index (χ0) is 10.4. The van der Waals surface area contributed by atoms with Gasteiger partial charge in [-0.3, -0.25) is 9.78 Å². The largest absolute Gasteiger partial charge is 0.349 e. The summed E-state index contributed by atoms with van der Waals surface area (Å²) in [4.78, 5) is 15.1. The lowest BCUT2D eigenvalue weighted by Gasteiger charge is -2.01. The fraction of sp³-hybridized carbons (Fsp3) is 0.100. The molecule has 1 rings (SSSR count). The number of aromatic nitrogens is 1. The molecule has 0 aliphatic rings. The topological polar surface area (TPSA) is 65.8 Å². The monoisotopic (exact) mass is 187 g/mol. The van der Waals surface area contributed by atoms with Crippen LogP contribution in [0.5, 0.6) is 0 Å². The van der Waals surface area contributed by atoms with Crippen LogP contribution >= 0.6 is 0 Å². The quantitative estimate of drug-likeness (QED) is 0.714. The second kappa shape index (κ2) is 4.77. The number of rotatable bonds is 3. The predicted octanol–water partition coefficient (Wildman–Crippen LogP) is 0.869. The van der Waals surface area contributed by atoms with E-state index in [1.807, 2.05) is 6.07 Å². The van der Waals surface area contributed by atoms with Crippen LogP contribution in [0.15, 0.2) is 31.1 Å². The standard InChI is InChI=1S/C10H9N3O/c1-2-3-13-10(14)9-4-8(5-11)6-12-7-9/h2,4,6-7H,1,3H2,(H,13,14). The van der Waals surface area contributed by atoms with Crippen molar-refractivity contribution >= 4 is 5.91 Å². The molecule has 0 radical (unpaired) electrons. The van der Waals surface area contributed by atoms with Crippen molar-refractivity contribution in [3.05, 3.63) is 42.2 Å². The minimum atomic E-state index is -0.255. The Balaban J connectivity index is 2.80. The highest BCUT2D eigenvalue weighted by molar-refractivity contribution is 5.94. The third-order valence-electron chi connectivity index (χ3n) is 1.54. The van der Waals surface area contributed by atoms with Crippen LogP contribution in [-0.4, -0.2) is 17.4 Å². The molecule has 1 aromatic heterocycles. The fourth-order valence-electron chi connectivity index (χ4n) is 0.892. The lowest BCUT2D eigenvalue weighted by atomic mass is 10.2. The molecule has 4 heteroatoms. The summed E-state index contributed by atoms with van der Waals surface area (Å²) in [6.07, 6.45) is 4.41. The van der Waals surface area contributed by atoms with Crippen molar-refractivity contribution in [2.45, 2.75) is 0 Å². The van der Waals surface area contributed by atoms with Gasteiger partial charge in [0.1, 0.15) is 6.07 Å². The van der Waals surface area contributed by atoms with E-state index in [1.165, 1.54) is 18.5 Å². The number of nitrogens with zero attached hydrogens (tertiary/aromatic N) is 2. The van der Waals surface area contributed by atoms with Crippen LogP contribution in [0.1, 0.15) is 15.9 Å². The first-order valence-electron chi connectivity index (χ1n) is 4.02. The van der Waals surface area contributed by atoms with E-state index in [4.69, 9.17) is 5.26 Å². The summed E-state index contributed by atoms with van der Waals surface area (Å²) >= 11 is 0. The van der Waals surface area contributed by atoms with Crippen LogP contribution in [0, 0.1) is 11.3 Å². The van der Waals surface area contributed by atoms with Gasteiger partial charge in [-0.1, -0.05) is 6.08 Å². The van der Waals surface area contributed by atoms with Crippen molar-refractivity contribution in [2.75, 3.05) is 6.54 Å². The van der Waals surface area contributed by atoms with E-state index in [0.717, 1.165) is 0 Å². The Labute approximate surface area is 81.9 Å². The lowest BCUT2D eigenvalue weighted by Crippen LogP contribution is -2.23. The van der Waals surface area contributed by atoms with Crippen molar-refractivity contribution in [3.63, 3.8) is 0 Å². The van der Waals surface area contributed by atoms with Crippen molar-refractivity contribution in [1.82, 2.24) is 10.3 Å². The van der Waals surface area contributed by atoms with Crippen molar-refractivity contribution in [2.24, 2.45) is 0 Å². The fourth-order valence-corrected chi connectivity index (χ4v) is 0.892. The van der Waals surface area contributed by atoms with Crippen LogP contribution in [0.25, 0.3) is 0 Å².